The third-order valence-corrected chi connectivity index (χ3v) is 3.73. The van der Waals surface area contributed by atoms with Gasteiger partial charge < -0.3 is 15.5 Å². The van der Waals surface area contributed by atoms with Gasteiger partial charge in [-0.2, -0.15) is 0 Å². The molecule has 16 heavy (non-hydrogen) atoms. The summed E-state index contributed by atoms with van der Waals surface area (Å²) in [6.07, 6.45) is 6.27. The van der Waals surface area contributed by atoms with Gasteiger partial charge in [-0.3, -0.25) is 0 Å². The molecular weight excluding hydrogens is 198 g/mol. The van der Waals surface area contributed by atoms with Crippen molar-refractivity contribution in [3.05, 3.63) is 0 Å². The zero-order valence-electron chi connectivity index (χ0n) is 11.3. The summed E-state index contributed by atoms with van der Waals surface area (Å²) in [6.45, 7) is 5.80. The molecule has 2 N–H and O–H groups in total. The van der Waals surface area contributed by atoms with Gasteiger partial charge in [0.2, 0.25) is 0 Å². The first-order chi connectivity index (χ1) is 7.63. The van der Waals surface area contributed by atoms with Crippen molar-refractivity contribution >= 4 is 0 Å². The lowest BCUT2D eigenvalue weighted by atomic mass is 9.99. The molecule has 1 saturated heterocycles. The molecule has 2 atom stereocenters. The van der Waals surface area contributed by atoms with E-state index in [-0.39, 0.29) is 0 Å². The van der Waals surface area contributed by atoms with Crippen LogP contribution < -0.4 is 5.73 Å². The van der Waals surface area contributed by atoms with Crippen LogP contribution in [0, 0.1) is 0 Å². The van der Waals surface area contributed by atoms with E-state index in [1.54, 1.807) is 0 Å². The minimum atomic E-state index is 0.394. The van der Waals surface area contributed by atoms with Gasteiger partial charge >= 0.3 is 0 Å². The van der Waals surface area contributed by atoms with E-state index < -0.39 is 0 Å². The van der Waals surface area contributed by atoms with Crippen LogP contribution >= 0.6 is 0 Å². The summed E-state index contributed by atoms with van der Waals surface area (Å²) in [4.78, 5) is 4.89. The first-order valence-corrected chi connectivity index (χ1v) is 6.77. The molecule has 0 aromatic heterocycles. The topological polar surface area (TPSA) is 32.5 Å². The first-order valence-electron chi connectivity index (χ1n) is 6.77. The summed E-state index contributed by atoms with van der Waals surface area (Å²) in [5.41, 5.74) is 6.21. The maximum atomic E-state index is 6.21. The van der Waals surface area contributed by atoms with Crippen molar-refractivity contribution in [2.45, 2.75) is 51.1 Å². The highest BCUT2D eigenvalue weighted by Gasteiger charge is 2.23. The Hall–Kier alpha value is -0.120. The minimum Gasteiger partial charge on any atom is -0.328 e. The predicted molar refractivity (Wildman–Crippen MR) is 70.6 cm³/mol. The van der Waals surface area contributed by atoms with Crippen LogP contribution in [0.2, 0.25) is 0 Å². The molecule has 1 aliphatic rings. The quantitative estimate of drug-likeness (QED) is 0.699. The fraction of sp³-hybridized carbons (Fsp3) is 1.00. The van der Waals surface area contributed by atoms with E-state index in [0.29, 0.717) is 12.1 Å². The average molecular weight is 227 g/mol. The zero-order chi connectivity index (χ0) is 12.0. The third-order valence-electron chi connectivity index (χ3n) is 3.73. The molecule has 1 rings (SSSR count). The van der Waals surface area contributed by atoms with E-state index in [0.717, 1.165) is 6.42 Å². The molecule has 0 amide bonds. The number of likely N-dealkylation sites (N-methyl/N-ethyl adjacent to an activating group) is 2. The fourth-order valence-electron chi connectivity index (χ4n) is 2.48. The van der Waals surface area contributed by atoms with Gasteiger partial charge in [0.25, 0.3) is 0 Å². The maximum absolute atomic E-state index is 6.21. The van der Waals surface area contributed by atoms with Gasteiger partial charge in [-0.1, -0.05) is 26.2 Å². The van der Waals surface area contributed by atoms with E-state index >= 15 is 0 Å². The Labute approximate surface area is 101 Å². The van der Waals surface area contributed by atoms with Crippen molar-refractivity contribution in [2.24, 2.45) is 5.73 Å². The maximum Gasteiger partial charge on any atom is 0.0235 e. The van der Waals surface area contributed by atoms with E-state index in [9.17, 15) is 0 Å². The largest absolute Gasteiger partial charge is 0.328 e. The summed E-state index contributed by atoms with van der Waals surface area (Å²) >= 11 is 0. The lowest BCUT2D eigenvalue weighted by Gasteiger charge is -2.38. The molecule has 1 aliphatic heterocycles. The molecule has 0 aliphatic carbocycles. The molecule has 2 unspecified atom stereocenters. The molecule has 0 saturated carbocycles. The van der Waals surface area contributed by atoms with Crippen LogP contribution in [0.15, 0.2) is 0 Å². The normalized spacial score (nSPS) is 25.9. The van der Waals surface area contributed by atoms with Crippen LogP contribution in [0.5, 0.6) is 0 Å². The monoisotopic (exact) mass is 227 g/mol. The first kappa shape index (κ1) is 13.9. The van der Waals surface area contributed by atoms with Gasteiger partial charge in [0, 0.05) is 31.7 Å². The molecule has 1 fully saturated rings. The second kappa shape index (κ2) is 7.25. The summed E-state index contributed by atoms with van der Waals surface area (Å²) in [6, 6.07) is 1.06. The van der Waals surface area contributed by atoms with Crippen molar-refractivity contribution in [1.82, 2.24) is 9.80 Å². The Morgan fingerprint density at radius 3 is 2.69 bits per heavy atom. The third kappa shape index (κ3) is 4.81. The second-order valence-corrected chi connectivity index (χ2v) is 5.39. The van der Waals surface area contributed by atoms with Crippen LogP contribution in [0.25, 0.3) is 0 Å². The van der Waals surface area contributed by atoms with Crippen molar-refractivity contribution in [3.63, 3.8) is 0 Å². The number of rotatable bonds is 6. The van der Waals surface area contributed by atoms with Crippen molar-refractivity contribution in [3.8, 4) is 0 Å². The van der Waals surface area contributed by atoms with Gasteiger partial charge in [-0.05, 0) is 26.9 Å². The highest BCUT2D eigenvalue weighted by Crippen LogP contribution is 2.14. The minimum absolute atomic E-state index is 0.394. The Kier molecular flexibility index (Phi) is 6.32. The number of hydrogen-bond acceptors (Lipinski definition) is 3. The van der Waals surface area contributed by atoms with E-state index in [1.807, 2.05) is 0 Å². The van der Waals surface area contributed by atoms with Gasteiger partial charge in [0.15, 0.2) is 0 Å². The number of hydrogen-bond donors (Lipinski definition) is 1. The Balaban J connectivity index is 2.23. The molecule has 1 heterocycles. The smallest absolute Gasteiger partial charge is 0.0235 e. The molecule has 3 nitrogen and oxygen atoms in total. The van der Waals surface area contributed by atoms with Gasteiger partial charge in [-0.15, -0.1) is 0 Å². The summed E-state index contributed by atoms with van der Waals surface area (Å²) in [5.74, 6) is 0. The van der Waals surface area contributed by atoms with Crippen molar-refractivity contribution in [1.29, 1.82) is 0 Å². The number of nitrogens with two attached hydrogens (primary N) is 1. The highest BCUT2D eigenvalue weighted by molar-refractivity contribution is 4.81. The standard InChI is InChI=1S/C13H29N3/c1-4-5-6-7-12(14)10-13-11-15(2)8-9-16(13)3/h12-13H,4-11,14H2,1-3H3. The van der Waals surface area contributed by atoms with Gasteiger partial charge in [0.05, 0.1) is 0 Å². The van der Waals surface area contributed by atoms with Crippen LogP contribution in [-0.2, 0) is 0 Å². The van der Waals surface area contributed by atoms with Crippen molar-refractivity contribution in [2.75, 3.05) is 33.7 Å². The van der Waals surface area contributed by atoms with Gasteiger partial charge in [-0.25, -0.2) is 0 Å². The summed E-state index contributed by atoms with van der Waals surface area (Å²) in [5, 5.41) is 0. The molecule has 0 aromatic rings. The lowest BCUT2D eigenvalue weighted by molar-refractivity contribution is 0.103. The van der Waals surface area contributed by atoms with E-state index in [4.69, 9.17) is 5.73 Å². The number of nitrogens with zero attached hydrogens (tertiary/aromatic N) is 2. The van der Waals surface area contributed by atoms with Gasteiger partial charge in [0.1, 0.15) is 0 Å². The molecule has 0 radical (unpaired) electrons. The molecule has 0 bridgehead atoms. The predicted octanol–water partition coefficient (Wildman–Crippen LogP) is 1.53. The van der Waals surface area contributed by atoms with E-state index in [2.05, 4.69) is 30.8 Å². The van der Waals surface area contributed by atoms with Crippen LogP contribution in [0.3, 0.4) is 0 Å². The zero-order valence-corrected chi connectivity index (χ0v) is 11.3. The Bertz CT molecular complexity index is 184. The fourth-order valence-corrected chi connectivity index (χ4v) is 2.48. The van der Waals surface area contributed by atoms with Crippen molar-refractivity contribution < 1.29 is 0 Å². The van der Waals surface area contributed by atoms with Crippen LogP contribution in [0.1, 0.15) is 39.0 Å². The molecule has 0 spiro atoms. The number of unbranched alkanes of at least 4 members (excludes halogenated alkanes) is 2. The Morgan fingerprint density at radius 2 is 2.00 bits per heavy atom. The molecule has 96 valence electrons. The Morgan fingerprint density at radius 1 is 1.25 bits per heavy atom. The number of piperazine rings is 1. The summed E-state index contributed by atoms with van der Waals surface area (Å²) < 4.78 is 0. The second-order valence-electron chi connectivity index (χ2n) is 5.39. The average Bonchev–Trinajstić information content (AvgIpc) is 2.24. The SMILES string of the molecule is CCCCCC(N)CC1CN(C)CCN1C. The lowest BCUT2D eigenvalue weighted by Crippen LogP contribution is -2.51. The van der Waals surface area contributed by atoms with Crippen LogP contribution in [0.4, 0.5) is 0 Å². The summed E-state index contributed by atoms with van der Waals surface area (Å²) in [7, 11) is 4.44. The molecule has 0 aromatic carbocycles. The molecular formula is C13H29N3. The highest BCUT2D eigenvalue weighted by atomic mass is 15.3. The van der Waals surface area contributed by atoms with Crippen LogP contribution in [-0.4, -0.2) is 55.6 Å². The van der Waals surface area contributed by atoms with E-state index in [1.165, 1.54) is 45.3 Å². The molecule has 3 heteroatoms.